The van der Waals surface area contributed by atoms with E-state index in [0.717, 1.165) is 36.6 Å². The fraction of sp³-hybridized carbons (Fsp3) is 0.348. The summed E-state index contributed by atoms with van der Waals surface area (Å²) in [5, 5.41) is 4.62. The zero-order valence-corrected chi connectivity index (χ0v) is 18.1. The van der Waals surface area contributed by atoms with Crippen LogP contribution in [0.1, 0.15) is 16.1 Å². The molecule has 8 nitrogen and oxygen atoms in total. The molecule has 0 unspecified atom stereocenters. The quantitative estimate of drug-likeness (QED) is 0.609. The maximum atomic E-state index is 13.1. The number of amides is 1. The number of rotatable bonds is 6. The summed E-state index contributed by atoms with van der Waals surface area (Å²) < 4.78 is 12.7. The third-order valence-electron chi connectivity index (χ3n) is 5.61. The largest absolute Gasteiger partial charge is 0.493 e. The number of ether oxygens (including phenoxy) is 2. The van der Waals surface area contributed by atoms with Crippen molar-refractivity contribution in [2.75, 3.05) is 40.4 Å². The van der Waals surface area contributed by atoms with Crippen LogP contribution in [-0.4, -0.2) is 70.9 Å². The molecule has 4 rings (SSSR count). The van der Waals surface area contributed by atoms with Crippen molar-refractivity contribution in [1.29, 1.82) is 0 Å². The average Bonchev–Trinajstić information content (AvgIpc) is 3.19. The molecule has 0 radical (unpaired) electrons. The molecule has 1 fully saturated rings. The van der Waals surface area contributed by atoms with Gasteiger partial charge in [0, 0.05) is 57.7 Å². The maximum Gasteiger partial charge on any atom is 0.257 e. The van der Waals surface area contributed by atoms with E-state index in [1.165, 1.54) is 0 Å². The highest BCUT2D eigenvalue weighted by atomic mass is 16.5. The van der Waals surface area contributed by atoms with Gasteiger partial charge in [0.1, 0.15) is 0 Å². The molecular weight excluding hydrogens is 394 g/mol. The highest BCUT2D eigenvalue weighted by Crippen LogP contribution is 2.31. The van der Waals surface area contributed by atoms with Crippen LogP contribution in [0.15, 0.2) is 48.8 Å². The van der Waals surface area contributed by atoms with Crippen LogP contribution in [0.3, 0.4) is 0 Å². The summed E-state index contributed by atoms with van der Waals surface area (Å²) in [6, 6.07) is 11.4. The average molecular weight is 422 g/mol. The third kappa shape index (κ3) is 4.39. The van der Waals surface area contributed by atoms with E-state index in [9.17, 15) is 4.79 Å². The van der Waals surface area contributed by atoms with Crippen molar-refractivity contribution >= 4 is 5.91 Å². The number of aryl methyl sites for hydroxylation is 1. The van der Waals surface area contributed by atoms with E-state index in [1.807, 2.05) is 41.0 Å². The molecule has 1 aromatic carbocycles. The first-order valence-corrected chi connectivity index (χ1v) is 10.3. The molecule has 3 heterocycles. The van der Waals surface area contributed by atoms with Gasteiger partial charge in [-0.3, -0.25) is 19.4 Å². The van der Waals surface area contributed by atoms with E-state index in [4.69, 9.17) is 9.47 Å². The van der Waals surface area contributed by atoms with E-state index in [2.05, 4.69) is 21.0 Å². The first kappa shape index (κ1) is 20.9. The summed E-state index contributed by atoms with van der Waals surface area (Å²) in [6.45, 7) is 3.70. The number of methoxy groups -OCH3 is 2. The maximum absolute atomic E-state index is 13.1. The van der Waals surface area contributed by atoms with Crippen molar-refractivity contribution in [1.82, 2.24) is 24.6 Å². The molecule has 31 heavy (non-hydrogen) atoms. The predicted octanol–water partition coefficient (Wildman–Crippen LogP) is 2.46. The van der Waals surface area contributed by atoms with Crippen LogP contribution in [0.5, 0.6) is 11.5 Å². The van der Waals surface area contributed by atoms with Crippen LogP contribution in [0.25, 0.3) is 11.3 Å². The Morgan fingerprint density at radius 1 is 1.06 bits per heavy atom. The summed E-state index contributed by atoms with van der Waals surface area (Å²) in [7, 11) is 5.09. The third-order valence-corrected chi connectivity index (χ3v) is 5.61. The van der Waals surface area contributed by atoms with Crippen molar-refractivity contribution in [3.63, 3.8) is 0 Å². The minimum Gasteiger partial charge on any atom is -0.493 e. The summed E-state index contributed by atoms with van der Waals surface area (Å²) in [4.78, 5) is 21.5. The van der Waals surface area contributed by atoms with Gasteiger partial charge in [0.05, 0.1) is 31.2 Å². The zero-order chi connectivity index (χ0) is 21.8. The lowest BCUT2D eigenvalue weighted by atomic mass is 10.1. The summed E-state index contributed by atoms with van der Waals surface area (Å²) in [5.41, 5.74) is 3.59. The molecule has 1 aliphatic rings. The topological polar surface area (TPSA) is 72.7 Å². The summed E-state index contributed by atoms with van der Waals surface area (Å²) in [6.07, 6.45) is 3.58. The Bertz CT molecular complexity index is 1040. The van der Waals surface area contributed by atoms with Crippen molar-refractivity contribution < 1.29 is 14.3 Å². The Morgan fingerprint density at radius 2 is 1.87 bits per heavy atom. The monoisotopic (exact) mass is 421 g/mol. The second-order valence-corrected chi connectivity index (χ2v) is 7.50. The Kier molecular flexibility index (Phi) is 6.18. The van der Waals surface area contributed by atoms with Crippen molar-refractivity contribution in [2.45, 2.75) is 6.54 Å². The minimum atomic E-state index is -0.0326. The number of aromatic nitrogens is 3. The number of carbonyl (C=O) groups is 1. The van der Waals surface area contributed by atoms with Gasteiger partial charge in [0.15, 0.2) is 11.5 Å². The molecule has 1 amide bonds. The van der Waals surface area contributed by atoms with Gasteiger partial charge in [0.25, 0.3) is 5.91 Å². The highest BCUT2D eigenvalue weighted by molar-refractivity contribution is 5.97. The van der Waals surface area contributed by atoms with Crippen molar-refractivity contribution in [3.8, 4) is 22.8 Å². The SMILES string of the molecule is COc1cccc(C(=O)N2CCN(Cc3cc(-c4cccnc4)nn3C)CC2)c1OC. The first-order valence-electron chi connectivity index (χ1n) is 10.3. The number of nitrogens with zero attached hydrogens (tertiary/aromatic N) is 5. The van der Waals surface area contributed by atoms with Crippen molar-refractivity contribution in [2.24, 2.45) is 7.05 Å². The lowest BCUT2D eigenvalue weighted by Gasteiger charge is -2.35. The van der Waals surface area contributed by atoms with Gasteiger partial charge in [-0.2, -0.15) is 5.10 Å². The molecule has 3 aromatic rings. The van der Waals surface area contributed by atoms with Gasteiger partial charge in [-0.25, -0.2) is 0 Å². The van der Waals surface area contributed by atoms with Gasteiger partial charge in [-0.1, -0.05) is 6.07 Å². The molecule has 162 valence electrons. The molecule has 1 saturated heterocycles. The summed E-state index contributed by atoms with van der Waals surface area (Å²) in [5.74, 6) is 1.01. The molecule has 2 aromatic heterocycles. The molecule has 8 heteroatoms. The number of benzene rings is 1. The van der Waals surface area contributed by atoms with Crippen LogP contribution in [-0.2, 0) is 13.6 Å². The normalized spacial score (nSPS) is 14.5. The number of para-hydroxylation sites is 1. The van der Waals surface area contributed by atoms with E-state index in [0.29, 0.717) is 30.2 Å². The minimum absolute atomic E-state index is 0.0326. The van der Waals surface area contributed by atoms with Crippen molar-refractivity contribution in [3.05, 3.63) is 60.0 Å². The van der Waals surface area contributed by atoms with Crippen LogP contribution in [0, 0.1) is 0 Å². The fourth-order valence-electron chi connectivity index (χ4n) is 3.87. The zero-order valence-electron chi connectivity index (χ0n) is 18.1. The smallest absolute Gasteiger partial charge is 0.257 e. The fourth-order valence-corrected chi connectivity index (χ4v) is 3.87. The number of pyridine rings is 1. The second-order valence-electron chi connectivity index (χ2n) is 7.50. The van der Waals surface area contributed by atoms with Gasteiger partial charge in [-0.15, -0.1) is 0 Å². The molecule has 0 bridgehead atoms. The molecule has 0 aliphatic carbocycles. The molecule has 0 spiro atoms. The Labute approximate surface area is 182 Å². The lowest BCUT2D eigenvalue weighted by molar-refractivity contribution is 0.0621. The standard InChI is InChI=1S/C23H27N5O3/c1-26-18(14-20(25-26)17-6-5-9-24-15-17)16-27-10-12-28(13-11-27)23(29)19-7-4-8-21(30-2)22(19)31-3/h4-9,14-15H,10-13,16H2,1-3H3. The van der Waals surface area contributed by atoms with E-state index in [1.54, 1.807) is 32.5 Å². The first-order chi connectivity index (χ1) is 15.1. The van der Waals surface area contributed by atoms with E-state index in [-0.39, 0.29) is 5.91 Å². The lowest BCUT2D eigenvalue weighted by Crippen LogP contribution is -2.48. The van der Waals surface area contributed by atoms with Gasteiger partial charge in [0.2, 0.25) is 0 Å². The highest BCUT2D eigenvalue weighted by Gasteiger charge is 2.26. The molecule has 1 aliphatic heterocycles. The molecule has 0 atom stereocenters. The number of piperazine rings is 1. The molecular formula is C23H27N5O3. The predicted molar refractivity (Wildman–Crippen MR) is 117 cm³/mol. The summed E-state index contributed by atoms with van der Waals surface area (Å²) >= 11 is 0. The van der Waals surface area contributed by atoms with Gasteiger partial charge in [-0.05, 0) is 30.3 Å². The van der Waals surface area contributed by atoms with Gasteiger partial charge >= 0.3 is 0 Å². The second kappa shape index (κ2) is 9.18. The van der Waals surface area contributed by atoms with E-state index < -0.39 is 0 Å². The molecule has 0 saturated carbocycles. The Hall–Kier alpha value is -3.39. The number of carbonyl (C=O) groups excluding carboxylic acids is 1. The Balaban J connectivity index is 1.40. The number of hydrogen-bond donors (Lipinski definition) is 0. The Morgan fingerprint density at radius 3 is 2.55 bits per heavy atom. The van der Waals surface area contributed by atoms with Crippen LogP contribution >= 0.6 is 0 Å². The van der Waals surface area contributed by atoms with E-state index >= 15 is 0 Å². The number of hydrogen-bond acceptors (Lipinski definition) is 6. The van der Waals surface area contributed by atoms with Gasteiger partial charge < -0.3 is 14.4 Å². The van der Waals surface area contributed by atoms with Crippen LogP contribution < -0.4 is 9.47 Å². The molecule has 0 N–H and O–H groups in total. The van der Waals surface area contributed by atoms with Crippen LogP contribution in [0.2, 0.25) is 0 Å². The van der Waals surface area contributed by atoms with Crippen LogP contribution in [0.4, 0.5) is 0 Å².